The minimum Gasteiger partial charge on any atom is -0.382 e. The van der Waals surface area contributed by atoms with Crippen LogP contribution in [0.15, 0.2) is 37.1 Å². The molecule has 1 saturated carbocycles. The first-order valence-electron chi connectivity index (χ1n) is 8.94. The molecule has 3 nitrogen and oxygen atoms in total. The molecule has 1 aromatic heterocycles. The molecule has 23 heavy (non-hydrogen) atoms. The van der Waals surface area contributed by atoms with Crippen LogP contribution in [0.25, 0.3) is 5.57 Å². The molecule has 0 aromatic carbocycles. The van der Waals surface area contributed by atoms with Crippen molar-refractivity contribution in [3.8, 4) is 0 Å². The van der Waals surface area contributed by atoms with Crippen molar-refractivity contribution in [2.45, 2.75) is 60.3 Å². The first-order valence-corrected chi connectivity index (χ1v) is 8.94. The number of nitrogens with one attached hydrogen (secondary N) is 2. The average molecular weight is 318 g/mol. The number of hydrogen-bond donors (Lipinski definition) is 2. The van der Waals surface area contributed by atoms with Crippen molar-refractivity contribution < 1.29 is 0 Å². The summed E-state index contributed by atoms with van der Waals surface area (Å²) in [6.45, 7) is 15.2. The Labute approximate surface area is 143 Å². The number of hydrogen-bond acceptors (Lipinski definition) is 2. The van der Waals surface area contributed by atoms with Crippen molar-refractivity contribution in [1.29, 1.82) is 0 Å². The van der Waals surface area contributed by atoms with Crippen molar-refractivity contribution in [2.75, 3.05) is 11.9 Å². The highest BCUT2D eigenvalue weighted by Crippen LogP contribution is 2.23. The van der Waals surface area contributed by atoms with Crippen LogP contribution in [0.3, 0.4) is 0 Å². The van der Waals surface area contributed by atoms with E-state index < -0.39 is 0 Å². The quantitative estimate of drug-likeness (QED) is 0.634. The molecule has 1 aliphatic rings. The number of nitrogens with zero attached hydrogens (tertiary/aromatic N) is 1. The summed E-state index contributed by atoms with van der Waals surface area (Å²) in [6, 6.07) is 0. The zero-order chi connectivity index (χ0) is 17.5. The van der Waals surface area contributed by atoms with E-state index in [0.29, 0.717) is 0 Å². The molecule has 0 amide bonds. The molecule has 0 unspecified atom stereocenters. The molecule has 1 heterocycles. The zero-order valence-corrected chi connectivity index (χ0v) is 15.7. The van der Waals surface area contributed by atoms with Gasteiger partial charge in [-0.25, -0.2) is 0 Å². The molecule has 3 heteroatoms. The van der Waals surface area contributed by atoms with Gasteiger partial charge in [0.25, 0.3) is 0 Å². The predicted octanol–water partition coefficient (Wildman–Crippen LogP) is 6.21. The maximum absolute atomic E-state index is 3.99. The second-order valence-electron chi connectivity index (χ2n) is 5.49. The highest BCUT2D eigenvalue weighted by Gasteiger charge is 2.07. The van der Waals surface area contributed by atoms with Crippen LogP contribution in [0.1, 0.15) is 66.0 Å². The smallest absolute Gasteiger partial charge is 0.0876 e. The van der Waals surface area contributed by atoms with E-state index in [1.54, 1.807) is 6.20 Å². The first-order chi connectivity index (χ1) is 11.2. The van der Waals surface area contributed by atoms with Crippen LogP contribution in [0.2, 0.25) is 0 Å². The van der Waals surface area contributed by atoms with Crippen LogP contribution < -0.4 is 5.32 Å². The summed E-state index contributed by atoms with van der Waals surface area (Å²) in [4.78, 5) is 0. The minimum atomic E-state index is 0.873. The third kappa shape index (κ3) is 9.07. The Morgan fingerprint density at radius 1 is 1.35 bits per heavy atom. The maximum atomic E-state index is 3.99. The van der Waals surface area contributed by atoms with Crippen LogP contribution in [0.5, 0.6) is 0 Å². The fraction of sp³-hybridized carbons (Fsp3) is 0.550. The van der Waals surface area contributed by atoms with Gasteiger partial charge in [0.15, 0.2) is 0 Å². The molecule has 0 aliphatic heterocycles. The van der Waals surface area contributed by atoms with Crippen molar-refractivity contribution in [2.24, 2.45) is 5.92 Å². The fourth-order valence-corrected chi connectivity index (χ4v) is 2.35. The summed E-state index contributed by atoms with van der Waals surface area (Å²) in [5.74, 6) is 1.05. The Balaban J connectivity index is 0.000000501. The van der Waals surface area contributed by atoms with E-state index >= 15 is 0 Å². The van der Waals surface area contributed by atoms with Gasteiger partial charge in [-0.05, 0) is 25.3 Å². The summed E-state index contributed by atoms with van der Waals surface area (Å²) < 4.78 is 0. The lowest BCUT2D eigenvalue weighted by atomic mass is 10.2. The molecule has 2 rings (SSSR count). The normalized spacial score (nSPS) is 14.3. The van der Waals surface area contributed by atoms with Gasteiger partial charge in [0.05, 0.1) is 17.6 Å². The van der Waals surface area contributed by atoms with E-state index in [0.717, 1.165) is 29.4 Å². The molecule has 1 aliphatic carbocycles. The molecule has 1 aromatic rings. The highest BCUT2D eigenvalue weighted by atomic mass is 15.1. The van der Waals surface area contributed by atoms with Crippen LogP contribution in [-0.4, -0.2) is 16.7 Å². The second kappa shape index (κ2) is 13.9. The number of allylic oxidation sites excluding steroid dienone is 5. The van der Waals surface area contributed by atoms with Crippen LogP contribution in [0.4, 0.5) is 5.69 Å². The molecule has 130 valence electrons. The maximum Gasteiger partial charge on any atom is 0.0876 e. The van der Waals surface area contributed by atoms with E-state index in [4.69, 9.17) is 0 Å². The van der Waals surface area contributed by atoms with Gasteiger partial charge in [0.1, 0.15) is 0 Å². The molecule has 0 radical (unpaired) electrons. The molecule has 1 fully saturated rings. The van der Waals surface area contributed by atoms with Crippen LogP contribution in [-0.2, 0) is 0 Å². The van der Waals surface area contributed by atoms with Gasteiger partial charge in [0, 0.05) is 6.54 Å². The molecule has 0 bridgehead atoms. The third-order valence-corrected chi connectivity index (χ3v) is 3.57. The zero-order valence-electron chi connectivity index (χ0n) is 15.7. The standard InChI is InChI=1S/C12H17N3.C6H12.C2H6/c1-4-6-7-8-10(3)12-11(13-5-2)9-14-15-12;1-6-4-2-3-5-6;1-2/h4,6-9,13H,3,5H2,1-2H3,(H,14,15);6H,2-5H2,1H3;1-2H3/b6-4-,8-7-;;. The van der Waals surface area contributed by atoms with E-state index in [2.05, 4.69) is 35.9 Å². The monoisotopic (exact) mass is 317 g/mol. The molecule has 0 atom stereocenters. The third-order valence-electron chi connectivity index (χ3n) is 3.57. The number of H-pyrrole nitrogens is 1. The largest absolute Gasteiger partial charge is 0.382 e. The Bertz CT molecular complexity index is 463. The Kier molecular flexibility index (Phi) is 12.8. The summed E-state index contributed by atoms with van der Waals surface area (Å²) >= 11 is 0. The summed E-state index contributed by atoms with van der Waals surface area (Å²) in [7, 11) is 0. The second-order valence-corrected chi connectivity index (χ2v) is 5.49. The topological polar surface area (TPSA) is 40.7 Å². The molecule has 0 saturated heterocycles. The van der Waals surface area contributed by atoms with Crippen molar-refractivity contribution in [1.82, 2.24) is 10.2 Å². The number of anilines is 1. The molecular formula is C20H35N3. The number of rotatable bonds is 5. The van der Waals surface area contributed by atoms with Gasteiger partial charge in [-0.15, -0.1) is 0 Å². The fourth-order valence-electron chi connectivity index (χ4n) is 2.35. The lowest BCUT2D eigenvalue weighted by Gasteiger charge is -2.03. The van der Waals surface area contributed by atoms with E-state index in [1.807, 2.05) is 45.1 Å². The Hall–Kier alpha value is -1.77. The van der Waals surface area contributed by atoms with Crippen LogP contribution >= 0.6 is 0 Å². The van der Waals surface area contributed by atoms with E-state index in [1.165, 1.54) is 25.7 Å². The van der Waals surface area contributed by atoms with Crippen molar-refractivity contribution in [3.05, 3.63) is 42.8 Å². The molecule has 0 spiro atoms. The molecular weight excluding hydrogens is 282 g/mol. The van der Waals surface area contributed by atoms with Crippen molar-refractivity contribution >= 4 is 11.3 Å². The summed E-state index contributed by atoms with van der Waals surface area (Å²) in [6.07, 6.45) is 15.6. The van der Waals surface area contributed by atoms with Gasteiger partial charge >= 0.3 is 0 Å². The number of aromatic nitrogens is 2. The van der Waals surface area contributed by atoms with Crippen molar-refractivity contribution in [3.63, 3.8) is 0 Å². The first kappa shape index (κ1) is 21.2. The summed E-state index contributed by atoms with van der Waals surface area (Å²) in [5.41, 5.74) is 2.85. The predicted molar refractivity (Wildman–Crippen MR) is 105 cm³/mol. The average Bonchev–Trinajstić information content (AvgIpc) is 3.22. The van der Waals surface area contributed by atoms with Gasteiger partial charge < -0.3 is 5.32 Å². The van der Waals surface area contributed by atoms with E-state index in [9.17, 15) is 0 Å². The van der Waals surface area contributed by atoms with Gasteiger partial charge in [-0.2, -0.15) is 5.10 Å². The van der Waals surface area contributed by atoms with Gasteiger partial charge in [-0.1, -0.05) is 77.3 Å². The highest BCUT2D eigenvalue weighted by molar-refractivity contribution is 5.77. The minimum absolute atomic E-state index is 0.873. The Morgan fingerprint density at radius 3 is 2.48 bits per heavy atom. The molecule has 2 N–H and O–H groups in total. The van der Waals surface area contributed by atoms with Gasteiger partial charge in [-0.3, -0.25) is 5.10 Å². The lowest BCUT2D eigenvalue weighted by Crippen LogP contribution is -1.97. The lowest BCUT2D eigenvalue weighted by molar-refractivity contribution is 0.612. The SMILES string of the molecule is C=C(/C=C\C=C/C)c1[nH]ncc1NCC.CC.CC1CCCC1. The number of aromatic amines is 1. The van der Waals surface area contributed by atoms with Gasteiger partial charge in [0.2, 0.25) is 0 Å². The summed E-state index contributed by atoms with van der Waals surface area (Å²) in [5, 5.41) is 10.1. The Morgan fingerprint density at radius 2 is 2.00 bits per heavy atom. The van der Waals surface area contributed by atoms with Crippen LogP contribution in [0, 0.1) is 5.92 Å². The van der Waals surface area contributed by atoms with E-state index in [-0.39, 0.29) is 0 Å².